The van der Waals surface area contributed by atoms with E-state index < -0.39 is 22.9 Å². The Morgan fingerprint density at radius 1 is 1.19 bits per heavy atom. The first-order valence-corrected chi connectivity index (χ1v) is 6.19. The summed E-state index contributed by atoms with van der Waals surface area (Å²) in [6.45, 7) is 5.24. The summed E-state index contributed by atoms with van der Waals surface area (Å²) in [6, 6.07) is 1.53. The van der Waals surface area contributed by atoms with Crippen molar-refractivity contribution in [3.8, 4) is 11.4 Å². The molecule has 21 heavy (non-hydrogen) atoms. The summed E-state index contributed by atoms with van der Waals surface area (Å²) in [5, 5.41) is 3.54. The Bertz CT molecular complexity index is 667. The fourth-order valence-corrected chi connectivity index (χ4v) is 1.53. The van der Waals surface area contributed by atoms with E-state index in [-0.39, 0.29) is 29.5 Å². The Hall–Kier alpha value is -2.18. The third-order valence-corrected chi connectivity index (χ3v) is 2.86. The minimum atomic E-state index is -1.56. The van der Waals surface area contributed by atoms with E-state index in [1.165, 1.54) is 0 Å². The van der Waals surface area contributed by atoms with E-state index in [0.717, 1.165) is 12.1 Å². The van der Waals surface area contributed by atoms with Gasteiger partial charge in [0.05, 0.1) is 6.42 Å². The Balaban J connectivity index is 2.26. The van der Waals surface area contributed by atoms with Gasteiger partial charge in [-0.2, -0.15) is 4.98 Å². The van der Waals surface area contributed by atoms with E-state index in [4.69, 9.17) is 4.52 Å². The number of carbonyl (C=O) groups is 1. The van der Waals surface area contributed by atoms with Gasteiger partial charge in [-0.05, 0) is 12.1 Å². The lowest BCUT2D eigenvalue weighted by Crippen LogP contribution is -2.22. The molecule has 7 heteroatoms. The first-order valence-electron chi connectivity index (χ1n) is 6.19. The number of halogens is 3. The summed E-state index contributed by atoms with van der Waals surface area (Å²) in [4.78, 5) is 15.7. The van der Waals surface area contributed by atoms with Crippen molar-refractivity contribution < 1.29 is 22.5 Å². The summed E-state index contributed by atoms with van der Waals surface area (Å²) in [6.07, 6.45) is -0.0807. The van der Waals surface area contributed by atoms with Gasteiger partial charge in [-0.15, -0.1) is 0 Å². The summed E-state index contributed by atoms with van der Waals surface area (Å²) in [5.74, 6) is -4.44. The van der Waals surface area contributed by atoms with Crippen LogP contribution in [0.1, 0.15) is 26.7 Å². The van der Waals surface area contributed by atoms with Crippen molar-refractivity contribution in [2.24, 2.45) is 5.41 Å². The predicted octanol–water partition coefficient (Wildman–Crippen LogP) is 3.31. The van der Waals surface area contributed by atoms with E-state index in [2.05, 4.69) is 10.1 Å². The number of nitrogens with zero attached hydrogens (tertiary/aromatic N) is 2. The quantitative estimate of drug-likeness (QED) is 0.816. The molecule has 0 unspecified atom stereocenters. The monoisotopic (exact) mass is 298 g/mol. The molecule has 0 atom stereocenters. The summed E-state index contributed by atoms with van der Waals surface area (Å²) in [5.41, 5.74) is -0.632. The Morgan fingerprint density at radius 2 is 1.76 bits per heavy atom. The number of aromatic nitrogens is 2. The van der Waals surface area contributed by atoms with Gasteiger partial charge < -0.3 is 4.52 Å². The van der Waals surface area contributed by atoms with E-state index in [9.17, 15) is 18.0 Å². The molecule has 0 amide bonds. The molecule has 2 aromatic rings. The van der Waals surface area contributed by atoms with Crippen molar-refractivity contribution in [1.82, 2.24) is 10.1 Å². The molecule has 1 aromatic carbocycles. The number of ketones is 1. The Kier molecular flexibility index (Phi) is 3.85. The number of carbonyl (C=O) groups excluding carboxylic acids is 1. The van der Waals surface area contributed by atoms with Crippen molar-refractivity contribution in [3.63, 3.8) is 0 Å². The molecule has 0 fully saturated rings. The lowest BCUT2D eigenvalue weighted by molar-refractivity contribution is -0.125. The maximum Gasteiger partial charge on any atom is 0.234 e. The maximum atomic E-state index is 13.1. The average molecular weight is 298 g/mol. The molecule has 2 rings (SSSR count). The highest BCUT2D eigenvalue weighted by Gasteiger charge is 2.24. The van der Waals surface area contributed by atoms with Crippen LogP contribution in [0.15, 0.2) is 16.7 Å². The lowest BCUT2D eigenvalue weighted by Gasteiger charge is -2.14. The molecule has 0 N–H and O–H groups in total. The van der Waals surface area contributed by atoms with Crippen LogP contribution in [0.4, 0.5) is 13.2 Å². The zero-order valence-electron chi connectivity index (χ0n) is 11.7. The minimum Gasteiger partial charge on any atom is -0.339 e. The molecule has 0 bridgehead atoms. The Labute approximate surface area is 119 Å². The van der Waals surface area contributed by atoms with Crippen LogP contribution >= 0.6 is 0 Å². The third-order valence-electron chi connectivity index (χ3n) is 2.86. The van der Waals surface area contributed by atoms with Crippen molar-refractivity contribution in [3.05, 3.63) is 35.5 Å². The molecule has 0 aliphatic carbocycles. The van der Waals surface area contributed by atoms with Crippen LogP contribution in [0, 0.1) is 22.9 Å². The van der Waals surface area contributed by atoms with Crippen LogP contribution < -0.4 is 0 Å². The smallest absolute Gasteiger partial charge is 0.234 e. The van der Waals surface area contributed by atoms with Crippen LogP contribution in [-0.4, -0.2) is 15.9 Å². The van der Waals surface area contributed by atoms with Crippen LogP contribution in [0.5, 0.6) is 0 Å². The van der Waals surface area contributed by atoms with Crippen molar-refractivity contribution in [2.75, 3.05) is 0 Å². The van der Waals surface area contributed by atoms with Gasteiger partial charge in [0.25, 0.3) is 0 Å². The van der Waals surface area contributed by atoms with E-state index in [1.807, 2.05) is 0 Å². The number of Topliss-reactive ketones (excluding diaryl/α,β-unsaturated/α-hetero) is 1. The van der Waals surface area contributed by atoms with Gasteiger partial charge in [0, 0.05) is 11.0 Å². The molecule has 0 aliphatic heterocycles. The molecule has 4 nitrogen and oxygen atoms in total. The molecule has 0 saturated heterocycles. The SMILES string of the molecule is CC(C)(C)C(=O)Cc1nc(-c2cc(F)c(F)c(F)c2)no1. The second-order valence-electron chi connectivity index (χ2n) is 5.62. The summed E-state index contributed by atoms with van der Waals surface area (Å²) in [7, 11) is 0. The number of hydrogen-bond acceptors (Lipinski definition) is 4. The van der Waals surface area contributed by atoms with Crippen LogP contribution in [0.25, 0.3) is 11.4 Å². The zero-order valence-corrected chi connectivity index (χ0v) is 11.7. The van der Waals surface area contributed by atoms with Crippen molar-refractivity contribution >= 4 is 5.78 Å². The minimum absolute atomic E-state index is 0.0371. The van der Waals surface area contributed by atoms with Gasteiger partial charge in [0.2, 0.25) is 11.7 Å². The molecule has 0 radical (unpaired) electrons. The highest BCUT2D eigenvalue weighted by atomic mass is 19.2. The van der Waals surface area contributed by atoms with Gasteiger partial charge in [-0.25, -0.2) is 13.2 Å². The second kappa shape index (κ2) is 5.31. The fourth-order valence-electron chi connectivity index (χ4n) is 1.53. The summed E-state index contributed by atoms with van der Waals surface area (Å²) < 4.78 is 44.0. The van der Waals surface area contributed by atoms with Gasteiger partial charge in [-0.1, -0.05) is 25.9 Å². The average Bonchev–Trinajstić information content (AvgIpc) is 2.82. The summed E-state index contributed by atoms with van der Waals surface area (Å²) >= 11 is 0. The molecule has 1 heterocycles. The molecule has 0 aliphatic rings. The number of hydrogen-bond donors (Lipinski definition) is 0. The van der Waals surface area contributed by atoms with Gasteiger partial charge in [-0.3, -0.25) is 4.79 Å². The molecular formula is C14H13F3N2O2. The van der Waals surface area contributed by atoms with Gasteiger partial charge in [0.1, 0.15) is 5.78 Å². The Morgan fingerprint density at radius 3 is 2.29 bits per heavy atom. The van der Waals surface area contributed by atoms with Crippen LogP contribution in [-0.2, 0) is 11.2 Å². The van der Waals surface area contributed by atoms with Crippen molar-refractivity contribution in [2.45, 2.75) is 27.2 Å². The number of rotatable bonds is 3. The van der Waals surface area contributed by atoms with Crippen LogP contribution in [0.2, 0.25) is 0 Å². The lowest BCUT2D eigenvalue weighted by atomic mass is 9.89. The van der Waals surface area contributed by atoms with Gasteiger partial charge >= 0.3 is 0 Å². The van der Waals surface area contributed by atoms with Crippen molar-refractivity contribution in [1.29, 1.82) is 0 Å². The van der Waals surface area contributed by atoms with E-state index in [1.54, 1.807) is 20.8 Å². The first-order chi connectivity index (χ1) is 9.68. The topological polar surface area (TPSA) is 56.0 Å². The molecule has 112 valence electrons. The third kappa shape index (κ3) is 3.29. The zero-order chi connectivity index (χ0) is 15.8. The number of benzene rings is 1. The predicted molar refractivity (Wildman–Crippen MR) is 67.8 cm³/mol. The van der Waals surface area contributed by atoms with E-state index in [0.29, 0.717) is 0 Å². The molecule has 1 aromatic heterocycles. The second-order valence-corrected chi connectivity index (χ2v) is 5.62. The molecule has 0 saturated carbocycles. The van der Waals surface area contributed by atoms with Gasteiger partial charge in [0.15, 0.2) is 17.5 Å². The standard InChI is InChI=1S/C14H13F3N2O2/c1-14(2,3)10(20)6-11-18-13(19-21-11)7-4-8(15)12(17)9(16)5-7/h4-5H,6H2,1-3H3. The highest BCUT2D eigenvalue weighted by Crippen LogP contribution is 2.22. The molecule has 0 spiro atoms. The largest absolute Gasteiger partial charge is 0.339 e. The first kappa shape index (κ1) is 15.2. The van der Waals surface area contributed by atoms with E-state index >= 15 is 0 Å². The molecular weight excluding hydrogens is 285 g/mol. The highest BCUT2D eigenvalue weighted by molar-refractivity contribution is 5.85. The normalized spacial score (nSPS) is 11.7. The van der Waals surface area contributed by atoms with Crippen LogP contribution in [0.3, 0.4) is 0 Å². The maximum absolute atomic E-state index is 13.1. The fraction of sp³-hybridized carbons (Fsp3) is 0.357.